The van der Waals surface area contributed by atoms with E-state index in [0.717, 1.165) is 0 Å². The van der Waals surface area contributed by atoms with Crippen molar-refractivity contribution in [3.05, 3.63) is 28.2 Å². The van der Waals surface area contributed by atoms with E-state index in [0.29, 0.717) is 24.4 Å². The van der Waals surface area contributed by atoms with Crippen LogP contribution in [0.4, 0.5) is 0 Å². The van der Waals surface area contributed by atoms with E-state index in [-0.39, 0.29) is 28.3 Å². The Morgan fingerprint density at radius 1 is 1.38 bits per heavy atom. The van der Waals surface area contributed by atoms with Gasteiger partial charge in [0, 0.05) is 25.2 Å². The van der Waals surface area contributed by atoms with Crippen LogP contribution in [0.5, 0.6) is 0 Å². The average Bonchev–Trinajstić information content (AvgIpc) is 2.49. The zero-order chi connectivity index (χ0) is 15.6. The van der Waals surface area contributed by atoms with Crippen LogP contribution in [0.25, 0.3) is 0 Å². The van der Waals surface area contributed by atoms with Crippen LogP contribution in [0, 0.1) is 5.92 Å². The average molecular weight is 351 g/mol. The number of hydrogen-bond acceptors (Lipinski definition) is 3. The van der Waals surface area contributed by atoms with E-state index in [1.54, 1.807) is 7.05 Å². The molecule has 5 nitrogen and oxygen atoms in total. The highest BCUT2D eigenvalue weighted by atomic mass is 35.5. The summed E-state index contributed by atoms with van der Waals surface area (Å²) >= 11 is 11.8. The monoisotopic (exact) mass is 350 g/mol. The van der Waals surface area contributed by atoms with Crippen molar-refractivity contribution >= 4 is 39.1 Å². The molecular weight excluding hydrogens is 335 g/mol. The maximum Gasteiger partial charge on any atom is 0.244 e. The summed E-state index contributed by atoms with van der Waals surface area (Å²) in [4.78, 5) is 11.7. The van der Waals surface area contributed by atoms with Gasteiger partial charge in [0.15, 0.2) is 0 Å². The van der Waals surface area contributed by atoms with Gasteiger partial charge < -0.3 is 5.32 Å². The number of nitrogens with one attached hydrogen (secondary N) is 1. The molecule has 0 aromatic heterocycles. The summed E-state index contributed by atoms with van der Waals surface area (Å²) in [7, 11) is -2.21. The van der Waals surface area contributed by atoms with Crippen LogP contribution in [0.2, 0.25) is 10.0 Å². The lowest BCUT2D eigenvalue weighted by molar-refractivity contribution is -0.125. The maximum absolute atomic E-state index is 12.7. The zero-order valence-electron chi connectivity index (χ0n) is 11.5. The molecular formula is C13H16Cl2N2O3S. The maximum atomic E-state index is 12.7. The molecule has 1 saturated heterocycles. The Kier molecular flexibility index (Phi) is 5.14. The van der Waals surface area contributed by atoms with Crippen molar-refractivity contribution in [1.29, 1.82) is 0 Å². The molecule has 0 aliphatic carbocycles. The van der Waals surface area contributed by atoms with Crippen LogP contribution in [-0.2, 0) is 14.8 Å². The van der Waals surface area contributed by atoms with Crippen molar-refractivity contribution in [3.63, 3.8) is 0 Å². The molecule has 21 heavy (non-hydrogen) atoms. The van der Waals surface area contributed by atoms with Crippen molar-refractivity contribution < 1.29 is 13.2 Å². The minimum Gasteiger partial charge on any atom is -0.359 e. The van der Waals surface area contributed by atoms with Crippen molar-refractivity contribution in [3.8, 4) is 0 Å². The third-order valence-corrected chi connectivity index (χ3v) is 6.09. The largest absolute Gasteiger partial charge is 0.359 e. The summed E-state index contributed by atoms with van der Waals surface area (Å²) in [5.41, 5.74) is 0. The Morgan fingerprint density at radius 3 is 2.76 bits per heavy atom. The van der Waals surface area contributed by atoms with E-state index >= 15 is 0 Å². The third kappa shape index (κ3) is 3.51. The van der Waals surface area contributed by atoms with Crippen LogP contribution in [0.1, 0.15) is 12.8 Å². The Balaban J connectivity index is 2.31. The van der Waals surface area contributed by atoms with Gasteiger partial charge in [0.2, 0.25) is 15.9 Å². The van der Waals surface area contributed by atoms with Crippen molar-refractivity contribution in [1.82, 2.24) is 9.62 Å². The molecule has 0 bridgehead atoms. The molecule has 2 rings (SSSR count). The summed E-state index contributed by atoms with van der Waals surface area (Å²) in [5, 5.41) is 2.99. The lowest BCUT2D eigenvalue weighted by Crippen LogP contribution is -2.44. The number of amides is 1. The summed E-state index contributed by atoms with van der Waals surface area (Å²) in [6.07, 6.45) is 1.31. The second kappa shape index (κ2) is 6.52. The first-order chi connectivity index (χ1) is 9.86. The SMILES string of the molecule is CNC(=O)[C@H]1CCCN(S(=O)(=O)c2cc(Cl)ccc2Cl)C1. The second-order valence-electron chi connectivity index (χ2n) is 4.89. The number of sulfonamides is 1. The number of piperidine rings is 1. The minimum atomic E-state index is -3.75. The molecule has 1 atom stereocenters. The molecule has 1 aliphatic rings. The van der Waals surface area contributed by atoms with Crippen LogP contribution >= 0.6 is 23.2 Å². The highest BCUT2D eigenvalue weighted by Gasteiger charge is 2.34. The molecule has 1 N–H and O–H groups in total. The van der Waals surface area contributed by atoms with E-state index in [9.17, 15) is 13.2 Å². The van der Waals surface area contributed by atoms with Gasteiger partial charge in [-0.1, -0.05) is 23.2 Å². The molecule has 0 spiro atoms. The first-order valence-corrected chi connectivity index (χ1v) is 8.72. The molecule has 1 aromatic carbocycles. The molecule has 0 unspecified atom stereocenters. The van der Waals surface area contributed by atoms with E-state index in [1.807, 2.05) is 0 Å². The predicted molar refractivity (Wildman–Crippen MR) is 82.0 cm³/mol. The lowest BCUT2D eigenvalue weighted by Gasteiger charge is -2.31. The minimum absolute atomic E-state index is 0.0192. The molecule has 0 saturated carbocycles. The van der Waals surface area contributed by atoms with Gasteiger partial charge >= 0.3 is 0 Å². The van der Waals surface area contributed by atoms with Crippen molar-refractivity contribution in [2.24, 2.45) is 5.92 Å². The fraction of sp³-hybridized carbons (Fsp3) is 0.462. The van der Waals surface area contributed by atoms with Gasteiger partial charge in [0.05, 0.1) is 10.9 Å². The number of carbonyl (C=O) groups is 1. The van der Waals surface area contributed by atoms with E-state index in [2.05, 4.69) is 5.32 Å². The Hall–Kier alpha value is -0.820. The molecule has 0 radical (unpaired) electrons. The zero-order valence-corrected chi connectivity index (χ0v) is 13.8. The molecule has 1 amide bonds. The van der Waals surface area contributed by atoms with Crippen LogP contribution < -0.4 is 5.32 Å². The summed E-state index contributed by atoms with van der Waals surface area (Å²) in [5.74, 6) is -0.483. The van der Waals surface area contributed by atoms with Gasteiger partial charge in [0.1, 0.15) is 4.90 Å². The van der Waals surface area contributed by atoms with E-state index in [1.165, 1.54) is 22.5 Å². The molecule has 1 heterocycles. The van der Waals surface area contributed by atoms with Gasteiger partial charge in [-0.15, -0.1) is 0 Å². The van der Waals surface area contributed by atoms with Crippen molar-refractivity contribution in [2.45, 2.75) is 17.7 Å². The normalized spacial score (nSPS) is 20.2. The Labute approximate surface area is 134 Å². The number of benzene rings is 1. The number of hydrogen-bond donors (Lipinski definition) is 1. The Morgan fingerprint density at radius 2 is 2.10 bits per heavy atom. The lowest BCUT2D eigenvalue weighted by atomic mass is 9.99. The number of carbonyl (C=O) groups excluding carboxylic acids is 1. The van der Waals surface area contributed by atoms with Crippen LogP contribution in [0.3, 0.4) is 0 Å². The molecule has 1 aliphatic heterocycles. The van der Waals surface area contributed by atoms with E-state index < -0.39 is 10.0 Å². The summed E-state index contributed by atoms with van der Waals surface area (Å²) < 4.78 is 26.6. The number of nitrogens with zero attached hydrogens (tertiary/aromatic N) is 1. The van der Waals surface area contributed by atoms with Gasteiger partial charge in [-0.3, -0.25) is 4.79 Å². The summed E-state index contributed by atoms with van der Waals surface area (Å²) in [6, 6.07) is 4.33. The Bertz CT molecular complexity index is 649. The topological polar surface area (TPSA) is 66.5 Å². The molecule has 1 aromatic rings. The highest BCUT2D eigenvalue weighted by Crippen LogP contribution is 2.30. The first-order valence-electron chi connectivity index (χ1n) is 6.53. The van der Waals surface area contributed by atoms with Gasteiger partial charge in [-0.05, 0) is 31.0 Å². The molecule has 1 fully saturated rings. The van der Waals surface area contributed by atoms with Gasteiger partial charge in [-0.2, -0.15) is 4.31 Å². The number of rotatable bonds is 3. The highest BCUT2D eigenvalue weighted by molar-refractivity contribution is 7.89. The van der Waals surface area contributed by atoms with Crippen LogP contribution in [-0.4, -0.2) is 38.8 Å². The van der Waals surface area contributed by atoms with Gasteiger partial charge in [-0.25, -0.2) is 8.42 Å². The second-order valence-corrected chi connectivity index (χ2v) is 7.64. The fourth-order valence-electron chi connectivity index (χ4n) is 2.39. The standard InChI is InChI=1S/C13H16Cl2N2O3S/c1-16-13(18)9-3-2-6-17(8-9)21(19,20)12-7-10(14)4-5-11(12)15/h4-5,7,9H,2-3,6,8H2,1H3,(H,16,18)/t9-/m0/s1. The smallest absolute Gasteiger partial charge is 0.244 e. The third-order valence-electron chi connectivity index (χ3n) is 3.51. The molecule has 8 heteroatoms. The van der Waals surface area contributed by atoms with E-state index in [4.69, 9.17) is 23.2 Å². The van der Waals surface area contributed by atoms with Crippen LogP contribution in [0.15, 0.2) is 23.1 Å². The fourth-order valence-corrected chi connectivity index (χ4v) is 4.65. The quantitative estimate of drug-likeness (QED) is 0.907. The first kappa shape index (κ1) is 16.5. The molecule has 116 valence electrons. The van der Waals surface area contributed by atoms with Crippen molar-refractivity contribution in [2.75, 3.05) is 20.1 Å². The summed E-state index contributed by atoms with van der Waals surface area (Å²) in [6.45, 7) is 0.531. The predicted octanol–water partition coefficient (Wildman–Crippen LogP) is 2.14. The van der Waals surface area contributed by atoms with Gasteiger partial charge in [0.25, 0.3) is 0 Å². The number of halogens is 2.